The number of carbonyl (C=O) groups excluding carboxylic acids is 2. The Morgan fingerprint density at radius 1 is 1.57 bits per heavy atom. The average Bonchev–Trinajstić information content (AvgIpc) is 2.42. The van der Waals surface area contributed by atoms with Crippen molar-refractivity contribution in [3.63, 3.8) is 0 Å². The molecule has 0 aliphatic carbocycles. The lowest BCUT2D eigenvalue weighted by Crippen LogP contribution is -2.44. The highest BCUT2D eigenvalue weighted by atomic mass is 16.5. The fourth-order valence-corrected chi connectivity index (χ4v) is 1.16. The van der Waals surface area contributed by atoms with E-state index in [-0.39, 0.29) is 23.8 Å². The first kappa shape index (κ1) is 11.1. The molecule has 1 aliphatic rings. The van der Waals surface area contributed by atoms with Crippen LogP contribution in [0.5, 0.6) is 0 Å². The maximum absolute atomic E-state index is 11.2. The number of nitrogens with one attached hydrogen (secondary N) is 2. The molecule has 0 radical (unpaired) electrons. The Labute approximate surface area is 83.2 Å². The molecule has 0 aromatic heterocycles. The van der Waals surface area contributed by atoms with Gasteiger partial charge in [0.05, 0.1) is 18.1 Å². The smallest absolute Gasteiger partial charge is 0.244 e. The van der Waals surface area contributed by atoms with E-state index >= 15 is 0 Å². The molecule has 1 aliphatic heterocycles. The van der Waals surface area contributed by atoms with Crippen molar-refractivity contribution < 1.29 is 14.3 Å². The van der Waals surface area contributed by atoms with Crippen LogP contribution in [0.4, 0.5) is 0 Å². The largest absolute Gasteiger partial charge is 0.377 e. The van der Waals surface area contributed by atoms with Crippen molar-refractivity contribution in [2.45, 2.75) is 31.9 Å². The van der Waals surface area contributed by atoms with Crippen LogP contribution in [0.2, 0.25) is 0 Å². The summed E-state index contributed by atoms with van der Waals surface area (Å²) in [4.78, 5) is 22.0. The number of amides is 2. The van der Waals surface area contributed by atoms with Crippen molar-refractivity contribution in [1.29, 1.82) is 0 Å². The number of methoxy groups -OCH3 is 1. The molecule has 14 heavy (non-hydrogen) atoms. The second-order valence-corrected chi connectivity index (χ2v) is 4.01. The zero-order chi connectivity index (χ0) is 10.8. The maximum Gasteiger partial charge on any atom is 0.244 e. The predicted molar refractivity (Wildman–Crippen MR) is 50.6 cm³/mol. The van der Waals surface area contributed by atoms with Gasteiger partial charge in [-0.1, -0.05) is 0 Å². The summed E-state index contributed by atoms with van der Waals surface area (Å²) in [6.07, 6.45) is 0.221. The third-order valence-corrected chi connectivity index (χ3v) is 2.30. The van der Waals surface area contributed by atoms with Gasteiger partial charge in [0.15, 0.2) is 0 Å². The number of rotatable bonds is 4. The molecule has 0 spiro atoms. The summed E-state index contributed by atoms with van der Waals surface area (Å²) in [6.45, 7) is 4.36. The Bertz CT molecular complexity index is 250. The monoisotopic (exact) mass is 200 g/mol. The summed E-state index contributed by atoms with van der Waals surface area (Å²) in [6, 6.07) is -0.406. The van der Waals surface area contributed by atoms with Gasteiger partial charge in [-0.25, -0.2) is 0 Å². The Hall–Kier alpha value is -0.940. The zero-order valence-corrected chi connectivity index (χ0v) is 8.72. The van der Waals surface area contributed by atoms with Crippen LogP contribution in [-0.4, -0.2) is 37.1 Å². The van der Waals surface area contributed by atoms with Crippen LogP contribution in [0.15, 0.2) is 0 Å². The third-order valence-electron chi connectivity index (χ3n) is 2.30. The molecule has 5 nitrogen and oxygen atoms in total. The van der Waals surface area contributed by atoms with Gasteiger partial charge in [-0.05, 0) is 13.8 Å². The van der Waals surface area contributed by atoms with Gasteiger partial charge in [-0.2, -0.15) is 0 Å². The highest BCUT2D eigenvalue weighted by Crippen LogP contribution is 2.07. The van der Waals surface area contributed by atoms with E-state index in [1.54, 1.807) is 7.11 Å². The summed E-state index contributed by atoms with van der Waals surface area (Å²) in [5, 5.41) is 5.24. The van der Waals surface area contributed by atoms with E-state index in [0.717, 1.165) is 0 Å². The Morgan fingerprint density at radius 2 is 2.21 bits per heavy atom. The van der Waals surface area contributed by atoms with E-state index in [4.69, 9.17) is 4.74 Å². The Kier molecular flexibility index (Phi) is 3.23. The standard InChI is InChI=1S/C9H16N2O3/c1-9(2,14-3)5-10-6-4-7(12)11-8(6)13/h6,10H,4-5H2,1-3H3,(H,11,12,13). The Balaban J connectivity index is 2.39. The van der Waals surface area contributed by atoms with Crippen LogP contribution in [0.3, 0.4) is 0 Å². The molecular formula is C9H16N2O3. The van der Waals surface area contributed by atoms with Crippen LogP contribution >= 0.6 is 0 Å². The second-order valence-electron chi connectivity index (χ2n) is 4.01. The van der Waals surface area contributed by atoms with Crippen LogP contribution in [0, 0.1) is 0 Å². The van der Waals surface area contributed by atoms with Crippen molar-refractivity contribution >= 4 is 11.8 Å². The van der Waals surface area contributed by atoms with Crippen molar-refractivity contribution in [3.05, 3.63) is 0 Å². The number of imide groups is 1. The van der Waals surface area contributed by atoms with Gasteiger partial charge in [-0.15, -0.1) is 0 Å². The van der Waals surface area contributed by atoms with Crippen LogP contribution in [-0.2, 0) is 14.3 Å². The number of hydrogen-bond acceptors (Lipinski definition) is 4. The summed E-state index contributed by atoms with van der Waals surface area (Å²) in [7, 11) is 1.61. The highest BCUT2D eigenvalue weighted by Gasteiger charge is 2.31. The molecule has 0 aromatic rings. The molecule has 1 unspecified atom stereocenters. The fourth-order valence-electron chi connectivity index (χ4n) is 1.16. The summed E-state index contributed by atoms with van der Waals surface area (Å²) in [5.74, 6) is -0.468. The molecule has 80 valence electrons. The highest BCUT2D eigenvalue weighted by molar-refractivity contribution is 6.05. The predicted octanol–water partition coefficient (Wildman–Crippen LogP) is -0.584. The molecule has 1 saturated heterocycles. The van der Waals surface area contributed by atoms with Crippen LogP contribution in [0.25, 0.3) is 0 Å². The van der Waals surface area contributed by atoms with E-state index in [0.29, 0.717) is 6.54 Å². The van der Waals surface area contributed by atoms with Gasteiger partial charge in [0.25, 0.3) is 0 Å². The minimum atomic E-state index is -0.406. The normalized spacial score (nSPS) is 22.6. The number of ether oxygens (including phenoxy) is 1. The molecule has 1 fully saturated rings. The van der Waals surface area contributed by atoms with Gasteiger partial charge in [0, 0.05) is 13.7 Å². The van der Waals surface area contributed by atoms with E-state index in [9.17, 15) is 9.59 Å². The Morgan fingerprint density at radius 3 is 2.64 bits per heavy atom. The van der Waals surface area contributed by atoms with E-state index in [1.807, 2.05) is 13.8 Å². The van der Waals surface area contributed by atoms with Gasteiger partial charge in [0.2, 0.25) is 11.8 Å². The molecule has 1 heterocycles. The van der Waals surface area contributed by atoms with E-state index in [1.165, 1.54) is 0 Å². The molecule has 0 saturated carbocycles. The van der Waals surface area contributed by atoms with Crippen molar-refractivity contribution in [3.8, 4) is 0 Å². The van der Waals surface area contributed by atoms with Gasteiger partial charge >= 0.3 is 0 Å². The van der Waals surface area contributed by atoms with Crippen molar-refractivity contribution in [2.75, 3.05) is 13.7 Å². The van der Waals surface area contributed by atoms with E-state index in [2.05, 4.69) is 10.6 Å². The van der Waals surface area contributed by atoms with Gasteiger partial charge < -0.3 is 10.1 Å². The SMILES string of the molecule is COC(C)(C)CNC1CC(=O)NC1=O. The lowest BCUT2D eigenvalue weighted by atomic mass is 10.1. The summed E-state index contributed by atoms with van der Waals surface area (Å²) in [5.41, 5.74) is -0.327. The quantitative estimate of drug-likeness (QED) is 0.596. The lowest BCUT2D eigenvalue weighted by molar-refractivity contribution is -0.125. The molecule has 1 atom stereocenters. The van der Waals surface area contributed by atoms with Gasteiger partial charge in [-0.3, -0.25) is 14.9 Å². The lowest BCUT2D eigenvalue weighted by Gasteiger charge is -2.24. The van der Waals surface area contributed by atoms with Crippen LogP contribution < -0.4 is 10.6 Å². The molecule has 0 bridgehead atoms. The van der Waals surface area contributed by atoms with Crippen LogP contribution in [0.1, 0.15) is 20.3 Å². The first-order valence-electron chi connectivity index (χ1n) is 4.57. The summed E-state index contributed by atoms with van der Waals surface area (Å²) < 4.78 is 5.18. The topological polar surface area (TPSA) is 67.4 Å². The van der Waals surface area contributed by atoms with Crippen molar-refractivity contribution in [2.24, 2.45) is 0 Å². The first-order valence-corrected chi connectivity index (χ1v) is 4.57. The second kappa shape index (κ2) is 4.06. The number of hydrogen-bond donors (Lipinski definition) is 2. The summed E-state index contributed by atoms with van der Waals surface area (Å²) >= 11 is 0. The molecule has 2 N–H and O–H groups in total. The molecular weight excluding hydrogens is 184 g/mol. The third kappa shape index (κ3) is 2.78. The zero-order valence-electron chi connectivity index (χ0n) is 8.72. The minimum Gasteiger partial charge on any atom is -0.377 e. The average molecular weight is 200 g/mol. The molecule has 5 heteroatoms. The fraction of sp³-hybridized carbons (Fsp3) is 0.778. The van der Waals surface area contributed by atoms with E-state index < -0.39 is 6.04 Å². The molecule has 2 amide bonds. The van der Waals surface area contributed by atoms with Crippen molar-refractivity contribution in [1.82, 2.24) is 10.6 Å². The molecule has 0 aromatic carbocycles. The molecule has 1 rings (SSSR count). The minimum absolute atomic E-state index is 0.220. The number of carbonyl (C=O) groups is 2. The first-order chi connectivity index (χ1) is 6.44. The maximum atomic E-state index is 11.2. The van der Waals surface area contributed by atoms with Gasteiger partial charge in [0.1, 0.15) is 0 Å².